The Morgan fingerprint density at radius 3 is 2.57 bits per heavy atom. The van der Waals surface area contributed by atoms with Gasteiger partial charge in [0.2, 0.25) is 0 Å². The summed E-state index contributed by atoms with van der Waals surface area (Å²) < 4.78 is 0. The zero-order valence-electron chi connectivity index (χ0n) is 11.8. The van der Waals surface area contributed by atoms with Gasteiger partial charge in [-0.2, -0.15) is 0 Å². The topological polar surface area (TPSA) is 49.3 Å². The Labute approximate surface area is 133 Å². The number of amides is 1. The van der Waals surface area contributed by atoms with Gasteiger partial charge in [-0.15, -0.1) is 0 Å². The maximum absolute atomic E-state index is 12.2. The van der Waals surface area contributed by atoms with E-state index >= 15 is 0 Å². The minimum Gasteiger partial charge on any atom is -0.507 e. The number of nitrogens with one attached hydrogen (secondary N) is 1. The predicted octanol–water partition coefficient (Wildman–Crippen LogP) is 3.44. The molecule has 0 saturated carbocycles. The molecule has 3 nitrogen and oxygen atoms in total. The fourth-order valence-electron chi connectivity index (χ4n) is 2.14. The maximum Gasteiger partial charge on any atom is 0.255 e. The number of aromatic hydroxyl groups is 1. The molecule has 0 aliphatic carbocycles. The van der Waals surface area contributed by atoms with Gasteiger partial charge in [0.1, 0.15) is 5.75 Å². The van der Waals surface area contributed by atoms with Gasteiger partial charge in [0, 0.05) is 11.4 Å². The van der Waals surface area contributed by atoms with Crippen molar-refractivity contribution in [3.05, 3.63) is 65.2 Å². The van der Waals surface area contributed by atoms with Crippen molar-refractivity contribution in [1.82, 2.24) is 5.32 Å². The Morgan fingerprint density at radius 1 is 1.24 bits per heavy atom. The Hall–Kier alpha value is -1.81. The number of benzene rings is 2. The summed E-state index contributed by atoms with van der Waals surface area (Å²) in [6.07, 6.45) is 0.741. The molecule has 1 amide bonds. The number of phenolic OH excluding ortho intramolecular Hbond substituents is 1. The van der Waals surface area contributed by atoms with Crippen LogP contribution in [0.1, 0.15) is 21.5 Å². The number of carbonyl (C=O) groups is 1. The molecule has 1 atom stereocenters. The summed E-state index contributed by atoms with van der Waals surface area (Å²) >= 11 is 3.43. The molecule has 0 saturated heterocycles. The molecule has 21 heavy (non-hydrogen) atoms. The van der Waals surface area contributed by atoms with E-state index in [4.69, 9.17) is 0 Å². The summed E-state index contributed by atoms with van der Waals surface area (Å²) in [5.74, 6) is -0.242. The van der Waals surface area contributed by atoms with E-state index in [0.717, 1.165) is 17.5 Å². The summed E-state index contributed by atoms with van der Waals surface area (Å²) in [5, 5.41) is 13.5. The van der Waals surface area contributed by atoms with Crippen molar-refractivity contribution in [2.45, 2.75) is 19.4 Å². The molecule has 0 bridgehead atoms. The standard InChI is InChI=1S/C17H18BrNO2/c1-12-7-8-15(16(20)9-12)17(21)19-14(11-18)10-13-5-3-2-4-6-13/h2-9,14,20H,10-11H2,1H3,(H,19,21). The smallest absolute Gasteiger partial charge is 0.255 e. The van der Waals surface area contributed by atoms with E-state index in [-0.39, 0.29) is 17.7 Å². The quantitative estimate of drug-likeness (QED) is 0.814. The van der Waals surface area contributed by atoms with E-state index in [1.807, 2.05) is 43.3 Å². The number of phenols is 1. The molecular formula is C17H18BrNO2. The van der Waals surface area contributed by atoms with Crippen LogP contribution in [0.5, 0.6) is 5.75 Å². The molecule has 2 rings (SSSR count). The highest BCUT2D eigenvalue weighted by molar-refractivity contribution is 9.09. The number of hydrogen-bond acceptors (Lipinski definition) is 2. The van der Waals surface area contributed by atoms with Crippen LogP contribution in [0.4, 0.5) is 0 Å². The van der Waals surface area contributed by atoms with E-state index in [1.54, 1.807) is 12.1 Å². The van der Waals surface area contributed by atoms with Crippen LogP contribution in [0.25, 0.3) is 0 Å². The van der Waals surface area contributed by atoms with Gasteiger partial charge in [-0.3, -0.25) is 4.79 Å². The second-order valence-corrected chi connectivity index (χ2v) is 5.68. The number of halogens is 1. The van der Waals surface area contributed by atoms with E-state index in [9.17, 15) is 9.90 Å². The molecule has 0 aliphatic rings. The predicted molar refractivity (Wildman–Crippen MR) is 88.0 cm³/mol. The van der Waals surface area contributed by atoms with Crippen LogP contribution in [-0.4, -0.2) is 22.4 Å². The van der Waals surface area contributed by atoms with Crippen LogP contribution in [0, 0.1) is 6.92 Å². The van der Waals surface area contributed by atoms with Gasteiger partial charge >= 0.3 is 0 Å². The lowest BCUT2D eigenvalue weighted by atomic mass is 10.1. The minimum absolute atomic E-state index is 0.0144. The molecule has 0 radical (unpaired) electrons. The average molecular weight is 348 g/mol. The molecule has 0 fully saturated rings. The normalized spacial score (nSPS) is 11.9. The third-order valence-electron chi connectivity index (χ3n) is 3.24. The van der Waals surface area contributed by atoms with Crippen molar-refractivity contribution in [1.29, 1.82) is 0 Å². The largest absolute Gasteiger partial charge is 0.507 e. The molecule has 0 aromatic heterocycles. The lowest BCUT2D eigenvalue weighted by Crippen LogP contribution is -2.37. The van der Waals surface area contributed by atoms with Crippen LogP contribution in [0.15, 0.2) is 48.5 Å². The molecule has 2 aromatic carbocycles. The maximum atomic E-state index is 12.2. The zero-order chi connectivity index (χ0) is 15.2. The van der Waals surface area contributed by atoms with Crippen molar-refractivity contribution in [3.63, 3.8) is 0 Å². The van der Waals surface area contributed by atoms with Crippen LogP contribution in [0.2, 0.25) is 0 Å². The minimum atomic E-state index is -0.257. The van der Waals surface area contributed by atoms with Crippen molar-refractivity contribution < 1.29 is 9.90 Å². The monoisotopic (exact) mass is 347 g/mol. The number of aryl methyl sites for hydroxylation is 1. The van der Waals surface area contributed by atoms with Gasteiger partial charge in [0.25, 0.3) is 5.91 Å². The average Bonchev–Trinajstić information content (AvgIpc) is 2.47. The number of alkyl halides is 1. The summed E-state index contributed by atoms with van der Waals surface area (Å²) in [6.45, 7) is 1.87. The summed E-state index contributed by atoms with van der Waals surface area (Å²) in [5.41, 5.74) is 2.39. The SMILES string of the molecule is Cc1ccc(C(=O)NC(CBr)Cc2ccccc2)c(O)c1. The van der Waals surface area contributed by atoms with Crippen molar-refractivity contribution in [3.8, 4) is 5.75 Å². The second-order valence-electron chi connectivity index (χ2n) is 5.04. The molecule has 110 valence electrons. The third kappa shape index (κ3) is 4.33. The number of hydrogen-bond donors (Lipinski definition) is 2. The Morgan fingerprint density at radius 2 is 1.95 bits per heavy atom. The molecule has 2 aromatic rings. The van der Waals surface area contributed by atoms with Gasteiger partial charge < -0.3 is 10.4 Å². The van der Waals surface area contributed by atoms with Gasteiger partial charge in [-0.1, -0.05) is 52.3 Å². The van der Waals surface area contributed by atoms with Crippen LogP contribution < -0.4 is 5.32 Å². The molecule has 4 heteroatoms. The highest BCUT2D eigenvalue weighted by Gasteiger charge is 2.16. The highest BCUT2D eigenvalue weighted by atomic mass is 79.9. The highest BCUT2D eigenvalue weighted by Crippen LogP contribution is 2.18. The van der Waals surface area contributed by atoms with Gasteiger partial charge in [-0.25, -0.2) is 0 Å². The van der Waals surface area contributed by atoms with E-state index in [0.29, 0.717) is 10.9 Å². The zero-order valence-corrected chi connectivity index (χ0v) is 13.4. The van der Waals surface area contributed by atoms with Crippen LogP contribution in [0.3, 0.4) is 0 Å². The first-order valence-electron chi connectivity index (χ1n) is 6.80. The second kappa shape index (κ2) is 7.27. The van der Waals surface area contributed by atoms with E-state index in [2.05, 4.69) is 21.2 Å². The van der Waals surface area contributed by atoms with E-state index < -0.39 is 0 Å². The van der Waals surface area contributed by atoms with Crippen LogP contribution in [-0.2, 0) is 6.42 Å². The summed E-state index contributed by atoms with van der Waals surface area (Å²) in [6, 6.07) is 15.0. The first-order valence-corrected chi connectivity index (χ1v) is 7.92. The Bertz CT molecular complexity index is 613. The van der Waals surface area contributed by atoms with Crippen molar-refractivity contribution in [2.24, 2.45) is 0 Å². The van der Waals surface area contributed by atoms with Gasteiger partial charge in [-0.05, 0) is 36.6 Å². The molecule has 1 unspecified atom stereocenters. The molecule has 0 spiro atoms. The van der Waals surface area contributed by atoms with E-state index in [1.165, 1.54) is 0 Å². The lowest BCUT2D eigenvalue weighted by molar-refractivity contribution is 0.0938. The Kier molecular flexibility index (Phi) is 5.39. The summed E-state index contributed by atoms with van der Waals surface area (Å²) in [4.78, 5) is 12.2. The lowest BCUT2D eigenvalue weighted by Gasteiger charge is -2.17. The van der Waals surface area contributed by atoms with Crippen molar-refractivity contribution >= 4 is 21.8 Å². The molecule has 2 N–H and O–H groups in total. The molecule has 0 heterocycles. The Balaban J connectivity index is 2.06. The first kappa shape index (κ1) is 15.6. The van der Waals surface area contributed by atoms with Gasteiger partial charge in [0.15, 0.2) is 0 Å². The first-order chi connectivity index (χ1) is 10.1. The summed E-state index contributed by atoms with van der Waals surface area (Å²) in [7, 11) is 0. The van der Waals surface area contributed by atoms with Gasteiger partial charge in [0.05, 0.1) is 5.56 Å². The molecular weight excluding hydrogens is 330 g/mol. The third-order valence-corrected chi connectivity index (χ3v) is 4.03. The van der Waals surface area contributed by atoms with Crippen LogP contribution >= 0.6 is 15.9 Å². The fraction of sp³-hybridized carbons (Fsp3) is 0.235. The molecule has 0 aliphatic heterocycles. The number of carbonyl (C=O) groups excluding carboxylic acids is 1. The van der Waals surface area contributed by atoms with Crippen molar-refractivity contribution in [2.75, 3.05) is 5.33 Å². The fourth-order valence-corrected chi connectivity index (χ4v) is 2.53. The number of rotatable bonds is 5.